The number of rotatable bonds is 5. The number of anilines is 1. The van der Waals surface area contributed by atoms with Crippen LogP contribution in [0.2, 0.25) is 0 Å². The van der Waals surface area contributed by atoms with E-state index >= 15 is 0 Å². The summed E-state index contributed by atoms with van der Waals surface area (Å²) in [5, 5.41) is 5.69. The molecule has 2 amide bonds. The number of hydrogen-bond donors (Lipinski definition) is 2. The van der Waals surface area contributed by atoms with Crippen molar-refractivity contribution < 1.29 is 4.79 Å². The zero-order valence-corrected chi connectivity index (χ0v) is 13.2. The van der Waals surface area contributed by atoms with Gasteiger partial charge in [0.1, 0.15) is 5.82 Å². The lowest BCUT2D eigenvalue weighted by molar-refractivity contribution is 0.231. The van der Waals surface area contributed by atoms with Crippen molar-refractivity contribution >= 4 is 11.8 Å². The second kappa shape index (κ2) is 7.12. The topological polar surface area (TPSA) is 57.3 Å². The first kappa shape index (κ1) is 16.3. The number of aromatic nitrogens is 1. The standard InChI is InChI=1S/C15H26N4O/c1-6-19(7-2)13-9-8-12(10-16-13)11-17-14(20)18-15(3,4)5/h8-10H,6-7,11H2,1-5H3,(H2,17,18,20). The Labute approximate surface area is 121 Å². The molecule has 0 saturated heterocycles. The smallest absolute Gasteiger partial charge is 0.315 e. The molecule has 1 rings (SSSR count). The molecule has 0 aliphatic rings. The zero-order chi connectivity index (χ0) is 15.2. The fourth-order valence-electron chi connectivity index (χ4n) is 1.82. The molecule has 20 heavy (non-hydrogen) atoms. The lowest BCUT2D eigenvalue weighted by Gasteiger charge is -2.21. The van der Waals surface area contributed by atoms with E-state index in [-0.39, 0.29) is 11.6 Å². The Bertz CT molecular complexity index is 418. The normalized spacial score (nSPS) is 11.1. The van der Waals surface area contributed by atoms with E-state index in [1.807, 2.05) is 39.1 Å². The highest BCUT2D eigenvalue weighted by Crippen LogP contribution is 2.10. The highest BCUT2D eigenvalue weighted by atomic mass is 16.2. The van der Waals surface area contributed by atoms with Crippen molar-refractivity contribution in [1.82, 2.24) is 15.6 Å². The van der Waals surface area contributed by atoms with E-state index in [9.17, 15) is 4.79 Å². The maximum atomic E-state index is 11.6. The minimum Gasteiger partial charge on any atom is -0.357 e. The lowest BCUT2D eigenvalue weighted by Crippen LogP contribution is -2.46. The first-order chi connectivity index (χ1) is 9.35. The Balaban J connectivity index is 2.52. The van der Waals surface area contributed by atoms with Gasteiger partial charge in [0, 0.05) is 31.4 Å². The van der Waals surface area contributed by atoms with Gasteiger partial charge < -0.3 is 15.5 Å². The van der Waals surface area contributed by atoms with Gasteiger partial charge in [0.2, 0.25) is 0 Å². The molecule has 5 heteroatoms. The van der Waals surface area contributed by atoms with Gasteiger partial charge in [0.05, 0.1) is 0 Å². The van der Waals surface area contributed by atoms with Gasteiger partial charge in [-0.05, 0) is 46.2 Å². The largest absolute Gasteiger partial charge is 0.357 e. The molecule has 0 spiro atoms. The van der Waals surface area contributed by atoms with Gasteiger partial charge in [0.25, 0.3) is 0 Å². The molecule has 0 bridgehead atoms. The van der Waals surface area contributed by atoms with Crippen LogP contribution in [-0.4, -0.2) is 29.6 Å². The molecule has 112 valence electrons. The van der Waals surface area contributed by atoms with Gasteiger partial charge in [-0.25, -0.2) is 9.78 Å². The highest BCUT2D eigenvalue weighted by molar-refractivity contribution is 5.74. The minimum atomic E-state index is -0.227. The lowest BCUT2D eigenvalue weighted by atomic mass is 10.1. The Morgan fingerprint density at radius 2 is 1.90 bits per heavy atom. The van der Waals surface area contributed by atoms with Crippen molar-refractivity contribution in [3.05, 3.63) is 23.9 Å². The van der Waals surface area contributed by atoms with E-state index in [1.54, 1.807) is 0 Å². The van der Waals surface area contributed by atoms with Crippen LogP contribution >= 0.6 is 0 Å². The first-order valence-corrected chi connectivity index (χ1v) is 7.11. The van der Waals surface area contributed by atoms with Gasteiger partial charge in [-0.15, -0.1) is 0 Å². The van der Waals surface area contributed by atoms with Gasteiger partial charge in [-0.1, -0.05) is 6.07 Å². The molecule has 0 aromatic carbocycles. The third-order valence-electron chi connectivity index (χ3n) is 2.84. The quantitative estimate of drug-likeness (QED) is 0.870. The van der Waals surface area contributed by atoms with E-state index in [2.05, 4.69) is 34.4 Å². The maximum absolute atomic E-state index is 11.6. The number of nitrogens with zero attached hydrogens (tertiary/aromatic N) is 2. The molecule has 0 atom stereocenters. The number of nitrogens with one attached hydrogen (secondary N) is 2. The summed E-state index contributed by atoms with van der Waals surface area (Å²) >= 11 is 0. The Kier molecular flexibility index (Phi) is 5.80. The highest BCUT2D eigenvalue weighted by Gasteiger charge is 2.13. The summed E-state index contributed by atoms with van der Waals surface area (Å²) in [5.74, 6) is 0.970. The average Bonchev–Trinajstić information content (AvgIpc) is 2.37. The predicted molar refractivity (Wildman–Crippen MR) is 82.9 cm³/mol. The molecule has 2 N–H and O–H groups in total. The molecular weight excluding hydrogens is 252 g/mol. The minimum absolute atomic E-state index is 0.162. The molecule has 1 aromatic rings. The predicted octanol–water partition coefficient (Wildman–Crippen LogP) is 2.53. The van der Waals surface area contributed by atoms with Crippen LogP contribution in [0, 0.1) is 0 Å². The van der Waals surface area contributed by atoms with Crippen molar-refractivity contribution in [1.29, 1.82) is 0 Å². The van der Waals surface area contributed by atoms with Crippen LogP contribution < -0.4 is 15.5 Å². The summed E-state index contributed by atoms with van der Waals surface area (Å²) in [7, 11) is 0. The molecule has 1 heterocycles. The van der Waals surface area contributed by atoms with Crippen LogP contribution in [0.4, 0.5) is 10.6 Å². The fraction of sp³-hybridized carbons (Fsp3) is 0.600. The van der Waals surface area contributed by atoms with Gasteiger partial charge in [0.15, 0.2) is 0 Å². The number of carbonyl (C=O) groups is 1. The van der Waals surface area contributed by atoms with E-state index < -0.39 is 0 Å². The van der Waals surface area contributed by atoms with Crippen LogP contribution in [0.5, 0.6) is 0 Å². The Hall–Kier alpha value is -1.78. The van der Waals surface area contributed by atoms with Gasteiger partial charge in [-0.3, -0.25) is 0 Å². The number of pyridine rings is 1. The Morgan fingerprint density at radius 1 is 1.25 bits per heavy atom. The molecular formula is C15H26N4O. The maximum Gasteiger partial charge on any atom is 0.315 e. The van der Waals surface area contributed by atoms with Crippen LogP contribution in [0.25, 0.3) is 0 Å². The monoisotopic (exact) mass is 278 g/mol. The van der Waals surface area contributed by atoms with E-state index in [1.165, 1.54) is 0 Å². The number of hydrogen-bond acceptors (Lipinski definition) is 3. The molecule has 0 saturated carbocycles. The van der Waals surface area contributed by atoms with Gasteiger partial charge in [-0.2, -0.15) is 0 Å². The van der Waals surface area contributed by atoms with E-state index in [0.717, 1.165) is 24.5 Å². The zero-order valence-electron chi connectivity index (χ0n) is 13.2. The van der Waals surface area contributed by atoms with Crippen molar-refractivity contribution in [3.8, 4) is 0 Å². The van der Waals surface area contributed by atoms with Crippen molar-refractivity contribution in [2.45, 2.75) is 46.7 Å². The SMILES string of the molecule is CCN(CC)c1ccc(CNC(=O)NC(C)(C)C)cn1. The molecule has 5 nitrogen and oxygen atoms in total. The van der Waals surface area contributed by atoms with Crippen molar-refractivity contribution in [2.24, 2.45) is 0 Å². The molecule has 1 aromatic heterocycles. The molecule has 0 aliphatic heterocycles. The summed E-state index contributed by atoms with van der Waals surface area (Å²) in [6, 6.07) is 3.83. The second-order valence-corrected chi connectivity index (χ2v) is 5.75. The molecule has 0 radical (unpaired) electrons. The van der Waals surface area contributed by atoms with Gasteiger partial charge >= 0.3 is 6.03 Å². The average molecular weight is 278 g/mol. The third-order valence-corrected chi connectivity index (χ3v) is 2.84. The second-order valence-electron chi connectivity index (χ2n) is 5.75. The first-order valence-electron chi connectivity index (χ1n) is 7.11. The van der Waals surface area contributed by atoms with Crippen LogP contribution in [0.1, 0.15) is 40.2 Å². The number of amides is 2. The van der Waals surface area contributed by atoms with Crippen molar-refractivity contribution in [2.75, 3.05) is 18.0 Å². The van der Waals surface area contributed by atoms with Crippen LogP contribution in [0.15, 0.2) is 18.3 Å². The molecule has 0 fully saturated rings. The summed E-state index contributed by atoms with van der Waals surface area (Å²) in [4.78, 5) is 18.3. The van der Waals surface area contributed by atoms with Crippen molar-refractivity contribution in [3.63, 3.8) is 0 Å². The fourth-order valence-corrected chi connectivity index (χ4v) is 1.82. The number of urea groups is 1. The summed E-state index contributed by atoms with van der Waals surface area (Å²) < 4.78 is 0. The third kappa shape index (κ3) is 5.47. The molecule has 0 aliphatic carbocycles. The number of carbonyl (C=O) groups excluding carboxylic acids is 1. The van der Waals surface area contributed by atoms with E-state index in [4.69, 9.17) is 0 Å². The van der Waals surface area contributed by atoms with E-state index in [0.29, 0.717) is 6.54 Å². The summed E-state index contributed by atoms with van der Waals surface area (Å²) in [6.45, 7) is 12.4. The molecule has 0 unspecified atom stereocenters. The van der Waals surface area contributed by atoms with Crippen LogP contribution in [-0.2, 0) is 6.54 Å². The summed E-state index contributed by atoms with van der Waals surface area (Å²) in [6.07, 6.45) is 1.81. The van der Waals surface area contributed by atoms with Crippen LogP contribution in [0.3, 0.4) is 0 Å². The summed E-state index contributed by atoms with van der Waals surface area (Å²) in [5.41, 5.74) is 0.763. The Morgan fingerprint density at radius 3 is 2.35 bits per heavy atom.